The molecule has 0 saturated carbocycles. The molecule has 2 aromatic rings. The molecule has 158 valence electrons. The molecule has 0 aromatic heterocycles. The number of carbonyl (C=O) groups is 1. The van der Waals surface area contributed by atoms with E-state index in [1.54, 1.807) is 13.8 Å². The Bertz CT molecular complexity index is 792. The molecule has 1 amide bonds. The number of fused-ring (bicyclic) bond motifs is 1. The Morgan fingerprint density at radius 3 is 2.21 bits per heavy atom. The molecule has 1 aliphatic rings. The number of hydrogen-bond acceptors (Lipinski definition) is 3. The first-order chi connectivity index (χ1) is 13.8. The van der Waals surface area contributed by atoms with Crippen molar-refractivity contribution in [1.29, 1.82) is 0 Å². The molecule has 0 saturated heterocycles. The van der Waals surface area contributed by atoms with Crippen LogP contribution in [0, 0.1) is 0 Å². The maximum atomic E-state index is 11.9. The fourth-order valence-corrected chi connectivity index (χ4v) is 3.43. The molecule has 3 rings (SSSR count). The Balaban J connectivity index is 0.000000627. The third kappa shape index (κ3) is 7.06. The van der Waals surface area contributed by atoms with Gasteiger partial charge >= 0.3 is 0 Å². The van der Waals surface area contributed by atoms with E-state index >= 15 is 0 Å². The third-order valence-electron chi connectivity index (χ3n) is 4.62. The summed E-state index contributed by atoms with van der Waals surface area (Å²) in [4.78, 5) is 13.9. The van der Waals surface area contributed by atoms with E-state index in [2.05, 4.69) is 61.3 Å². The van der Waals surface area contributed by atoms with Crippen molar-refractivity contribution in [3.8, 4) is 11.1 Å². The van der Waals surface area contributed by atoms with Crippen molar-refractivity contribution in [2.45, 2.75) is 60.0 Å². The summed E-state index contributed by atoms with van der Waals surface area (Å²) in [7, 11) is 1.96. The molecule has 0 fully saturated rings. The van der Waals surface area contributed by atoms with Crippen LogP contribution in [0.2, 0.25) is 0 Å². The molecule has 1 atom stereocenters. The Hall–Kier alpha value is -2.59. The van der Waals surface area contributed by atoms with Crippen LogP contribution in [0.3, 0.4) is 0 Å². The molecule has 3 N–H and O–H groups in total. The zero-order valence-corrected chi connectivity index (χ0v) is 18.9. The summed E-state index contributed by atoms with van der Waals surface area (Å²) >= 11 is 0. The lowest BCUT2D eigenvalue weighted by molar-refractivity contribution is -0.117. The van der Waals surface area contributed by atoms with Crippen LogP contribution >= 0.6 is 0 Å². The number of anilines is 1. The minimum absolute atomic E-state index is 0.127. The van der Waals surface area contributed by atoms with Gasteiger partial charge in [-0.05, 0) is 73.8 Å². The minimum atomic E-state index is 0.127. The van der Waals surface area contributed by atoms with E-state index in [4.69, 9.17) is 5.73 Å². The highest BCUT2D eigenvalue weighted by Crippen LogP contribution is 2.34. The van der Waals surface area contributed by atoms with Crippen molar-refractivity contribution in [2.24, 2.45) is 5.73 Å². The number of carbonyl (C=O) groups excluding carboxylic acids is 1. The van der Waals surface area contributed by atoms with Crippen molar-refractivity contribution in [3.63, 3.8) is 0 Å². The van der Waals surface area contributed by atoms with Crippen LogP contribution < -0.4 is 16.0 Å². The smallest absolute Gasteiger partial charge is 0.224 e. The molecule has 1 aliphatic heterocycles. The van der Waals surface area contributed by atoms with E-state index < -0.39 is 0 Å². The van der Waals surface area contributed by atoms with Crippen LogP contribution in [0.5, 0.6) is 0 Å². The topological polar surface area (TPSA) is 58.4 Å². The van der Waals surface area contributed by atoms with Gasteiger partial charge in [0.15, 0.2) is 0 Å². The van der Waals surface area contributed by atoms with Gasteiger partial charge in [0.05, 0.1) is 0 Å². The van der Waals surface area contributed by atoms with Gasteiger partial charge in [0.2, 0.25) is 5.91 Å². The number of hydrogen-bond donors (Lipinski definition) is 2. The van der Waals surface area contributed by atoms with E-state index in [1.165, 1.54) is 22.3 Å². The molecule has 2 aromatic carbocycles. The molecule has 0 spiro atoms. The van der Waals surface area contributed by atoms with Gasteiger partial charge < -0.3 is 16.0 Å². The van der Waals surface area contributed by atoms with Crippen LogP contribution in [-0.2, 0) is 17.8 Å². The summed E-state index contributed by atoms with van der Waals surface area (Å²) in [5, 5.41) is 3.17. The van der Waals surface area contributed by atoms with Gasteiger partial charge in [0.25, 0.3) is 0 Å². The number of aryl methyl sites for hydroxylation is 1. The second kappa shape index (κ2) is 12.1. The van der Waals surface area contributed by atoms with Gasteiger partial charge in [-0.1, -0.05) is 50.8 Å². The van der Waals surface area contributed by atoms with E-state index in [-0.39, 0.29) is 11.9 Å². The number of nitrogens with zero attached hydrogens (tertiary/aromatic N) is 1. The lowest BCUT2D eigenvalue weighted by Crippen LogP contribution is -2.40. The minimum Gasteiger partial charge on any atom is -0.403 e. The van der Waals surface area contributed by atoms with E-state index in [0.29, 0.717) is 5.70 Å². The predicted octanol–water partition coefficient (Wildman–Crippen LogP) is 5.27. The van der Waals surface area contributed by atoms with Crippen molar-refractivity contribution >= 4 is 11.6 Å². The molecular weight excluding hydrogens is 358 g/mol. The van der Waals surface area contributed by atoms with Crippen molar-refractivity contribution in [3.05, 3.63) is 65.9 Å². The quantitative estimate of drug-likeness (QED) is 0.745. The monoisotopic (exact) mass is 395 g/mol. The summed E-state index contributed by atoms with van der Waals surface area (Å²) < 4.78 is 0. The number of allylic oxidation sites excluding steroid dienone is 1. The van der Waals surface area contributed by atoms with Gasteiger partial charge in [-0.15, -0.1) is 0 Å². The van der Waals surface area contributed by atoms with Gasteiger partial charge in [-0.25, -0.2) is 0 Å². The molecule has 4 heteroatoms. The molecule has 4 nitrogen and oxygen atoms in total. The van der Waals surface area contributed by atoms with Crippen LogP contribution in [0.4, 0.5) is 5.69 Å². The highest BCUT2D eigenvalue weighted by Gasteiger charge is 2.26. The zero-order chi connectivity index (χ0) is 22.0. The molecule has 0 radical (unpaired) electrons. The average molecular weight is 396 g/mol. The Kier molecular flexibility index (Phi) is 10.2. The number of rotatable bonds is 3. The molecule has 0 bridgehead atoms. The summed E-state index contributed by atoms with van der Waals surface area (Å²) in [5.41, 5.74) is 11.7. The second-order valence-electron chi connectivity index (χ2n) is 7.19. The molecular formula is C25H37N3O. The number of nitrogens with two attached hydrogens (primary N) is 1. The first kappa shape index (κ1) is 24.4. The Labute approximate surface area is 176 Å². The average Bonchev–Trinajstić information content (AvgIpc) is 2.69. The lowest BCUT2D eigenvalue weighted by atomic mass is 9.93. The van der Waals surface area contributed by atoms with Gasteiger partial charge in [0, 0.05) is 25.2 Å². The highest BCUT2D eigenvalue weighted by atomic mass is 16.2. The van der Waals surface area contributed by atoms with Gasteiger partial charge in [-0.2, -0.15) is 0 Å². The van der Waals surface area contributed by atoms with Crippen LogP contribution in [-0.4, -0.2) is 19.0 Å². The van der Waals surface area contributed by atoms with E-state index in [1.807, 2.05) is 25.8 Å². The number of amides is 1. The van der Waals surface area contributed by atoms with Crippen molar-refractivity contribution < 1.29 is 4.79 Å². The third-order valence-corrected chi connectivity index (χ3v) is 4.62. The van der Waals surface area contributed by atoms with Crippen LogP contribution in [0.15, 0.2) is 54.7 Å². The molecule has 29 heavy (non-hydrogen) atoms. The van der Waals surface area contributed by atoms with Crippen LogP contribution in [0.25, 0.3) is 11.1 Å². The first-order valence-electron chi connectivity index (χ1n) is 10.4. The maximum Gasteiger partial charge on any atom is 0.224 e. The fraction of sp³-hybridized carbons (Fsp3) is 0.400. The van der Waals surface area contributed by atoms with Crippen LogP contribution in [0.1, 0.15) is 52.2 Å². The van der Waals surface area contributed by atoms with Crippen molar-refractivity contribution in [1.82, 2.24) is 5.32 Å². The molecule has 0 unspecified atom stereocenters. The second-order valence-corrected chi connectivity index (χ2v) is 7.19. The molecule has 0 aliphatic carbocycles. The molecule has 1 heterocycles. The highest BCUT2D eigenvalue weighted by molar-refractivity contribution is 5.94. The van der Waals surface area contributed by atoms with Crippen molar-refractivity contribution in [2.75, 3.05) is 11.9 Å². The SMILES string of the molecule is C=C(C)N.CC.CNCc1ccc(-c2ccc3c(c2)CC[C@H](C)N3C(C)=O)cc1. The van der Waals surface area contributed by atoms with E-state index in [9.17, 15) is 4.79 Å². The fourth-order valence-electron chi connectivity index (χ4n) is 3.43. The zero-order valence-electron chi connectivity index (χ0n) is 18.9. The predicted molar refractivity (Wildman–Crippen MR) is 126 cm³/mol. The number of benzene rings is 2. The summed E-state index contributed by atoms with van der Waals surface area (Å²) in [6.45, 7) is 13.7. The van der Waals surface area contributed by atoms with Gasteiger partial charge in [-0.3, -0.25) is 4.79 Å². The first-order valence-corrected chi connectivity index (χ1v) is 10.4. The van der Waals surface area contributed by atoms with Gasteiger partial charge in [0.1, 0.15) is 0 Å². The standard InChI is InChI=1S/C20H24N2O.C3H7N.C2H6/c1-14-4-7-19-12-18(10-11-20(19)22(14)15(2)23)17-8-5-16(6-9-17)13-21-3;1-3(2)4;1-2/h5-6,8-12,14,21H,4,7,13H2,1-3H3;1,4H2,2H3;1-2H3/t14-;;/m0../s1. The number of nitrogens with one attached hydrogen (secondary N) is 1. The summed E-state index contributed by atoms with van der Waals surface area (Å²) in [5.74, 6) is 0.127. The largest absolute Gasteiger partial charge is 0.403 e. The Morgan fingerprint density at radius 2 is 1.69 bits per heavy atom. The summed E-state index contributed by atoms with van der Waals surface area (Å²) in [6.07, 6.45) is 2.06. The Morgan fingerprint density at radius 1 is 1.14 bits per heavy atom. The normalized spacial score (nSPS) is 14.6. The maximum absolute atomic E-state index is 11.9. The summed E-state index contributed by atoms with van der Waals surface area (Å²) in [6, 6.07) is 15.4. The lowest BCUT2D eigenvalue weighted by Gasteiger charge is -2.34. The van der Waals surface area contributed by atoms with E-state index in [0.717, 1.165) is 25.1 Å².